The molecule has 0 radical (unpaired) electrons. The van der Waals surface area contributed by atoms with E-state index >= 15 is 0 Å². The minimum Gasteiger partial charge on any atom is -0.494 e. The maximum Gasteiger partial charge on any atom is 0.243 e. The SMILES string of the molecule is CCN(Cc1ccc(OC)c(F)c1)C(=O)CCc1ccc(S(=O)(=O)N2CCCCC2)cc1. The van der Waals surface area contributed by atoms with Crippen LogP contribution in [0.5, 0.6) is 5.75 Å². The van der Waals surface area contributed by atoms with Crippen LogP contribution in [-0.4, -0.2) is 50.3 Å². The predicted octanol–water partition coefficient (Wildman–Crippen LogP) is 3.99. The molecule has 1 saturated heterocycles. The number of methoxy groups -OCH3 is 1. The standard InChI is InChI=1S/C24H31FN2O4S/c1-3-26(18-20-9-13-23(31-2)22(25)17-20)24(28)14-10-19-7-11-21(12-8-19)32(29,30)27-15-5-4-6-16-27/h7-9,11-13,17H,3-6,10,14-16,18H2,1-2H3. The summed E-state index contributed by atoms with van der Waals surface area (Å²) in [5, 5.41) is 0. The summed E-state index contributed by atoms with van der Waals surface area (Å²) in [5.74, 6) is -0.310. The molecule has 0 N–H and O–H groups in total. The molecule has 0 atom stereocenters. The van der Waals surface area contributed by atoms with Crippen LogP contribution in [0.3, 0.4) is 0 Å². The van der Waals surface area contributed by atoms with Gasteiger partial charge in [-0.05, 0) is 61.6 Å². The van der Waals surface area contributed by atoms with Gasteiger partial charge in [0.1, 0.15) is 0 Å². The Morgan fingerprint density at radius 1 is 1.06 bits per heavy atom. The molecular formula is C24H31FN2O4S. The molecule has 0 aliphatic carbocycles. The molecule has 0 unspecified atom stereocenters. The van der Waals surface area contributed by atoms with Crippen LogP contribution < -0.4 is 4.74 Å². The minimum absolute atomic E-state index is 0.0336. The molecule has 1 amide bonds. The van der Waals surface area contributed by atoms with Gasteiger partial charge in [0.05, 0.1) is 12.0 Å². The Balaban J connectivity index is 1.58. The Morgan fingerprint density at radius 2 is 1.72 bits per heavy atom. The molecule has 0 spiro atoms. The summed E-state index contributed by atoms with van der Waals surface area (Å²) in [6.45, 7) is 3.87. The second-order valence-electron chi connectivity index (χ2n) is 7.99. The number of nitrogens with zero attached hydrogens (tertiary/aromatic N) is 2. The van der Waals surface area contributed by atoms with Crippen molar-refractivity contribution in [3.8, 4) is 5.75 Å². The number of carbonyl (C=O) groups excluding carboxylic acids is 1. The average Bonchev–Trinajstić information content (AvgIpc) is 2.82. The monoisotopic (exact) mass is 462 g/mol. The quantitative estimate of drug-likeness (QED) is 0.565. The van der Waals surface area contributed by atoms with Gasteiger partial charge < -0.3 is 9.64 Å². The fourth-order valence-electron chi connectivity index (χ4n) is 3.90. The highest BCUT2D eigenvalue weighted by Gasteiger charge is 2.25. The molecule has 8 heteroatoms. The first-order chi connectivity index (χ1) is 15.3. The summed E-state index contributed by atoms with van der Waals surface area (Å²) in [4.78, 5) is 14.7. The molecular weight excluding hydrogens is 431 g/mol. The third-order valence-corrected chi connectivity index (χ3v) is 7.74. The summed E-state index contributed by atoms with van der Waals surface area (Å²) in [6.07, 6.45) is 3.68. The molecule has 2 aromatic carbocycles. The number of amides is 1. The number of halogens is 1. The molecule has 0 bridgehead atoms. The van der Waals surface area contributed by atoms with E-state index in [4.69, 9.17) is 4.74 Å². The lowest BCUT2D eigenvalue weighted by molar-refractivity contribution is -0.131. The average molecular weight is 463 g/mol. The second kappa shape index (κ2) is 10.9. The molecule has 1 heterocycles. The van der Waals surface area contributed by atoms with E-state index < -0.39 is 15.8 Å². The van der Waals surface area contributed by atoms with Crippen molar-refractivity contribution >= 4 is 15.9 Å². The Bertz CT molecular complexity index is 1020. The van der Waals surface area contributed by atoms with Crippen LogP contribution in [0.1, 0.15) is 43.7 Å². The van der Waals surface area contributed by atoms with Gasteiger partial charge in [-0.15, -0.1) is 0 Å². The fourth-order valence-corrected chi connectivity index (χ4v) is 5.41. The Labute approximate surface area is 190 Å². The summed E-state index contributed by atoms with van der Waals surface area (Å²) >= 11 is 0. The van der Waals surface area contributed by atoms with Gasteiger partial charge in [0.15, 0.2) is 11.6 Å². The topological polar surface area (TPSA) is 66.9 Å². The van der Waals surface area contributed by atoms with Gasteiger partial charge in [0.25, 0.3) is 0 Å². The van der Waals surface area contributed by atoms with Gasteiger partial charge in [0.2, 0.25) is 15.9 Å². The third-order valence-electron chi connectivity index (χ3n) is 5.83. The zero-order chi connectivity index (χ0) is 23.1. The third kappa shape index (κ3) is 5.86. The molecule has 32 heavy (non-hydrogen) atoms. The summed E-state index contributed by atoms with van der Waals surface area (Å²) in [7, 11) is -2.04. The smallest absolute Gasteiger partial charge is 0.243 e. The number of carbonyl (C=O) groups is 1. The van der Waals surface area contributed by atoms with Crippen LogP contribution in [0.25, 0.3) is 0 Å². The van der Waals surface area contributed by atoms with E-state index in [1.54, 1.807) is 45.6 Å². The van der Waals surface area contributed by atoms with E-state index in [9.17, 15) is 17.6 Å². The van der Waals surface area contributed by atoms with Gasteiger partial charge in [-0.2, -0.15) is 4.31 Å². The molecule has 6 nitrogen and oxygen atoms in total. The van der Waals surface area contributed by atoms with Crippen LogP contribution >= 0.6 is 0 Å². The first kappa shape index (κ1) is 24.2. The van der Waals surface area contributed by atoms with Gasteiger partial charge in [0, 0.05) is 32.6 Å². The summed E-state index contributed by atoms with van der Waals surface area (Å²) in [6, 6.07) is 11.5. The van der Waals surface area contributed by atoms with Gasteiger partial charge >= 0.3 is 0 Å². The second-order valence-corrected chi connectivity index (χ2v) is 9.92. The maximum atomic E-state index is 13.9. The van der Waals surface area contributed by atoms with Crippen molar-refractivity contribution in [2.75, 3.05) is 26.7 Å². The first-order valence-electron chi connectivity index (χ1n) is 11.0. The highest BCUT2D eigenvalue weighted by atomic mass is 32.2. The molecule has 0 saturated carbocycles. The van der Waals surface area contributed by atoms with Crippen LogP contribution in [0.2, 0.25) is 0 Å². The first-order valence-corrected chi connectivity index (χ1v) is 12.5. The lowest BCUT2D eigenvalue weighted by Gasteiger charge is -2.25. The Kier molecular flexibility index (Phi) is 8.26. The molecule has 2 aromatic rings. The number of ether oxygens (including phenoxy) is 1. The van der Waals surface area contributed by atoms with E-state index in [1.807, 2.05) is 6.92 Å². The Morgan fingerprint density at radius 3 is 2.31 bits per heavy atom. The van der Waals surface area contributed by atoms with Crippen molar-refractivity contribution in [2.24, 2.45) is 0 Å². The molecule has 1 fully saturated rings. The highest BCUT2D eigenvalue weighted by Crippen LogP contribution is 2.22. The normalized spacial score (nSPS) is 14.8. The van der Waals surface area contributed by atoms with Crippen molar-refractivity contribution in [3.05, 3.63) is 59.4 Å². The number of sulfonamides is 1. The van der Waals surface area contributed by atoms with Crippen LogP contribution in [-0.2, 0) is 27.8 Å². The van der Waals surface area contributed by atoms with E-state index in [-0.39, 0.29) is 11.7 Å². The number of hydrogen-bond acceptors (Lipinski definition) is 4. The number of rotatable bonds is 9. The lowest BCUT2D eigenvalue weighted by atomic mass is 10.1. The fraction of sp³-hybridized carbons (Fsp3) is 0.458. The van der Waals surface area contributed by atoms with E-state index in [0.29, 0.717) is 49.5 Å². The van der Waals surface area contributed by atoms with Crippen molar-refractivity contribution in [3.63, 3.8) is 0 Å². The number of benzene rings is 2. The Hall–Kier alpha value is -2.45. The largest absolute Gasteiger partial charge is 0.494 e. The van der Waals surface area contributed by atoms with Crippen LogP contribution in [0, 0.1) is 5.82 Å². The lowest BCUT2D eigenvalue weighted by Crippen LogP contribution is -2.35. The van der Waals surface area contributed by atoms with Gasteiger partial charge in [-0.1, -0.05) is 24.6 Å². The number of aryl methyl sites for hydroxylation is 1. The molecule has 1 aliphatic heterocycles. The summed E-state index contributed by atoms with van der Waals surface area (Å²) in [5.41, 5.74) is 1.60. The molecule has 1 aliphatic rings. The van der Waals surface area contributed by atoms with Gasteiger partial charge in [-0.3, -0.25) is 4.79 Å². The minimum atomic E-state index is -3.45. The zero-order valence-corrected chi connectivity index (χ0v) is 19.5. The molecule has 0 aromatic heterocycles. The van der Waals surface area contributed by atoms with Crippen LogP contribution in [0.4, 0.5) is 4.39 Å². The zero-order valence-electron chi connectivity index (χ0n) is 18.7. The number of hydrogen-bond donors (Lipinski definition) is 0. The van der Waals surface area contributed by atoms with Crippen molar-refractivity contribution in [1.29, 1.82) is 0 Å². The van der Waals surface area contributed by atoms with Crippen molar-refractivity contribution < 1.29 is 22.3 Å². The van der Waals surface area contributed by atoms with Crippen molar-refractivity contribution in [1.82, 2.24) is 9.21 Å². The molecule has 174 valence electrons. The summed E-state index contributed by atoms with van der Waals surface area (Å²) < 4.78 is 45.9. The maximum absolute atomic E-state index is 13.9. The number of piperidine rings is 1. The molecule has 3 rings (SSSR count). The van der Waals surface area contributed by atoms with E-state index in [2.05, 4.69) is 0 Å². The predicted molar refractivity (Wildman–Crippen MR) is 121 cm³/mol. The van der Waals surface area contributed by atoms with Crippen molar-refractivity contribution in [2.45, 2.75) is 50.5 Å². The van der Waals surface area contributed by atoms with E-state index in [0.717, 1.165) is 24.8 Å². The van der Waals surface area contributed by atoms with E-state index in [1.165, 1.54) is 13.2 Å². The van der Waals surface area contributed by atoms with Crippen LogP contribution in [0.15, 0.2) is 47.4 Å². The van der Waals surface area contributed by atoms with Gasteiger partial charge in [-0.25, -0.2) is 12.8 Å². The highest BCUT2D eigenvalue weighted by molar-refractivity contribution is 7.89.